The first-order valence-electron chi connectivity index (χ1n) is 3.99. The average Bonchev–Trinajstić information content (AvgIpc) is 2.54. The Morgan fingerprint density at radius 2 is 2.17 bits per heavy atom. The van der Waals surface area contributed by atoms with Gasteiger partial charge in [-0.3, -0.25) is 4.79 Å². The molecule has 0 aromatic heterocycles. The van der Waals surface area contributed by atoms with Crippen LogP contribution in [0.3, 0.4) is 0 Å². The fraction of sp³-hybridized carbons (Fsp3) is 0.875. The number of alkyl halides is 2. The molecule has 1 amide bonds. The summed E-state index contributed by atoms with van der Waals surface area (Å²) < 4.78 is 23.4. The second kappa shape index (κ2) is 2.99. The molecule has 1 unspecified atom stereocenters. The highest BCUT2D eigenvalue weighted by Crippen LogP contribution is 2.50. The molecule has 0 spiro atoms. The van der Waals surface area contributed by atoms with Crippen molar-refractivity contribution >= 4 is 5.91 Å². The third kappa shape index (κ3) is 2.16. The van der Waals surface area contributed by atoms with Gasteiger partial charge in [-0.05, 0) is 17.8 Å². The van der Waals surface area contributed by atoms with Crippen molar-refractivity contribution in [3.05, 3.63) is 0 Å². The third-order valence-corrected chi connectivity index (χ3v) is 2.44. The maximum absolute atomic E-state index is 11.7. The number of carbonyl (C=O) groups is 1. The molecule has 1 atom stereocenters. The van der Waals surface area contributed by atoms with E-state index in [-0.39, 0.29) is 5.41 Å². The van der Waals surface area contributed by atoms with E-state index in [0.717, 1.165) is 6.42 Å². The lowest BCUT2D eigenvalue weighted by Gasteiger charge is -2.05. The highest BCUT2D eigenvalue weighted by Gasteiger charge is 2.45. The Morgan fingerprint density at radius 3 is 2.50 bits per heavy atom. The molecular weight excluding hydrogens is 164 g/mol. The van der Waals surface area contributed by atoms with Crippen LogP contribution in [-0.4, -0.2) is 18.9 Å². The van der Waals surface area contributed by atoms with Crippen molar-refractivity contribution < 1.29 is 13.6 Å². The lowest BCUT2D eigenvalue weighted by atomic mass is 10.1. The van der Waals surface area contributed by atoms with Crippen LogP contribution in [-0.2, 0) is 4.79 Å². The Morgan fingerprint density at radius 1 is 1.67 bits per heavy atom. The second-order valence-electron chi connectivity index (χ2n) is 3.94. The quantitative estimate of drug-likeness (QED) is 0.693. The standard InChI is InChI=1S/C8H13F2NO/c1-8(2)3-5(8)4-11-7(12)6(9)10/h5-6H,3-4H2,1-2H3,(H,11,12). The molecule has 0 heterocycles. The van der Waals surface area contributed by atoms with Gasteiger partial charge in [0, 0.05) is 6.54 Å². The monoisotopic (exact) mass is 177 g/mol. The van der Waals surface area contributed by atoms with Gasteiger partial charge >= 0.3 is 6.43 Å². The fourth-order valence-corrected chi connectivity index (χ4v) is 1.23. The molecule has 0 saturated heterocycles. The Bertz CT molecular complexity index is 191. The fourth-order valence-electron chi connectivity index (χ4n) is 1.23. The van der Waals surface area contributed by atoms with Crippen LogP contribution in [0.1, 0.15) is 20.3 Å². The molecule has 0 aromatic rings. The first-order chi connectivity index (χ1) is 5.43. The number of amides is 1. The number of hydrogen-bond donors (Lipinski definition) is 1. The zero-order chi connectivity index (χ0) is 9.35. The van der Waals surface area contributed by atoms with Crippen molar-refractivity contribution in [2.45, 2.75) is 26.7 Å². The molecule has 1 saturated carbocycles. The van der Waals surface area contributed by atoms with Gasteiger partial charge in [0.1, 0.15) is 0 Å². The molecule has 12 heavy (non-hydrogen) atoms. The lowest BCUT2D eigenvalue weighted by Crippen LogP contribution is -2.31. The van der Waals surface area contributed by atoms with Gasteiger partial charge in [0.05, 0.1) is 0 Å². The minimum atomic E-state index is -2.88. The lowest BCUT2D eigenvalue weighted by molar-refractivity contribution is -0.131. The van der Waals surface area contributed by atoms with Crippen LogP contribution >= 0.6 is 0 Å². The van der Waals surface area contributed by atoms with Crippen LogP contribution in [0.25, 0.3) is 0 Å². The van der Waals surface area contributed by atoms with Crippen LogP contribution in [0.2, 0.25) is 0 Å². The molecule has 0 aromatic carbocycles. The van der Waals surface area contributed by atoms with Gasteiger partial charge in [0.15, 0.2) is 0 Å². The zero-order valence-electron chi connectivity index (χ0n) is 7.23. The van der Waals surface area contributed by atoms with Crippen molar-refractivity contribution in [1.82, 2.24) is 5.32 Å². The van der Waals surface area contributed by atoms with E-state index in [1.54, 1.807) is 0 Å². The van der Waals surface area contributed by atoms with E-state index in [1.807, 2.05) is 0 Å². The summed E-state index contributed by atoms with van der Waals surface area (Å²) in [6.07, 6.45) is -1.87. The smallest absolute Gasteiger partial charge is 0.315 e. The molecule has 0 radical (unpaired) electrons. The topological polar surface area (TPSA) is 29.1 Å². The molecule has 4 heteroatoms. The number of halogens is 2. The first-order valence-corrected chi connectivity index (χ1v) is 3.99. The normalized spacial score (nSPS) is 25.6. The van der Waals surface area contributed by atoms with Gasteiger partial charge in [-0.25, -0.2) is 0 Å². The van der Waals surface area contributed by atoms with Crippen LogP contribution in [0.15, 0.2) is 0 Å². The highest BCUT2D eigenvalue weighted by molar-refractivity contribution is 5.79. The van der Waals surface area contributed by atoms with Gasteiger partial charge in [0.25, 0.3) is 5.91 Å². The van der Waals surface area contributed by atoms with Crippen molar-refractivity contribution in [3.63, 3.8) is 0 Å². The van der Waals surface area contributed by atoms with E-state index in [2.05, 4.69) is 19.2 Å². The van der Waals surface area contributed by atoms with E-state index >= 15 is 0 Å². The second-order valence-corrected chi connectivity index (χ2v) is 3.94. The molecule has 0 bridgehead atoms. The maximum Gasteiger partial charge on any atom is 0.315 e. The summed E-state index contributed by atoms with van der Waals surface area (Å²) in [5.41, 5.74) is 0.232. The molecule has 1 fully saturated rings. The number of rotatable bonds is 3. The summed E-state index contributed by atoms with van der Waals surface area (Å²) in [7, 11) is 0. The van der Waals surface area contributed by atoms with Crippen LogP contribution in [0.5, 0.6) is 0 Å². The number of hydrogen-bond acceptors (Lipinski definition) is 1. The number of carbonyl (C=O) groups excluding carboxylic acids is 1. The average molecular weight is 177 g/mol. The number of nitrogens with one attached hydrogen (secondary N) is 1. The molecule has 1 rings (SSSR count). The summed E-state index contributed by atoms with van der Waals surface area (Å²) >= 11 is 0. The Labute approximate surface area is 70.3 Å². The molecule has 1 aliphatic carbocycles. The van der Waals surface area contributed by atoms with E-state index in [4.69, 9.17) is 0 Å². The van der Waals surface area contributed by atoms with Gasteiger partial charge in [0.2, 0.25) is 0 Å². The summed E-state index contributed by atoms with van der Waals surface area (Å²) in [6.45, 7) is 4.51. The summed E-state index contributed by atoms with van der Waals surface area (Å²) in [5.74, 6) is -0.780. The summed E-state index contributed by atoms with van der Waals surface area (Å²) in [6, 6.07) is 0. The molecule has 1 aliphatic rings. The molecule has 0 aliphatic heterocycles. The van der Waals surface area contributed by atoms with Crippen LogP contribution in [0, 0.1) is 11.3 Å². The van der Waals surface area contributed by atoms with E-state index < -0.39 is 12.3 Å². The van der Waals surface area contributed by atoms with Gasteiger partial charge in [-0.2, -0.15) is 8.78 Å². The van der Waals surface area contributed by atoms with Gasteiger partial charge < -0.3 is 5.32 Å². The minimum absolute atomic E-state index is 0.232. The Hall–Kier alpha value is -0.670. The van der Waals surface area contributed by atoms with Crippen molar-refractivity contribution in [2.75, 3.05) is 6.54 Å². The molecular formula is C8H13F2NO. The van der Waals surface area contributed by atoms with Gasteiger partial charge in [-0.1, -0.05) is 13.8 Å². The molecule has 2 nitrogen and oxygen atoms in total. The molecule has 1 N–H and O–H groups in total. The Balaban J connectivity index is 2.16. The van der Waals surface area contributed by atoms with E-state index in [9.17, 15) is 13.6 Å². The minimum Gasteiger partial charge on any atom is -0.351 e. The van der Waals surface area contributed by atoms with E-state index in [1.165, 1.54) is 0 Å². The summed E-state index contributed by atoms with van der Waals surface area (Å²) in [5, 5.41) is 2.21. The van der Waals surface area contributed by atoms with Crippen molar-refractivity contribution in [2.24, 2.45) is 11.3 Å². The van der Waals surface area contributed by atoms with E-state index in [0.29, 0.717) is 12.5 Å². The zero-order valence-corrected chi connectivity index (χ0v) is 7.23. The molecule has 70 valence electrons. The first kappa shape index (κ1) is 9.42. The Kier molecular flexibility index (Phi) is 2.35. The largest absolute Gasteiger partial charge is 0.351 e. The predicted octanol–water partition coefficient (Wildman–Crippen LogP) is 1.41. The van der Waals surface area contributed by atoms with Crippen LogP contribution < -0.4 is 5.32 Å². The third-order valence-electron chi connectivity index (χ3n) is 2.44. The maximum atomic E-state index is 11.7. The summed E-state index contributed by atoms with van der Waals surface area (Å²) in [4.78, 5) is 10.4. The van der Waals surface area contributed by atoms with Crippen LogP contribution in [0.4, 0.5) is 8.78 Å². The van der Waals surface area contributed by atoms with Gasteiger partial charge in [-0.15, -0.1) is 0 Å². The van der Waals surface area contributed by atoms with Crippen molar-refractivity contribution in [1.29, 1.82) is 0 Å². The van der Waals surface area contributed by atoms with Crippen molar-refractivity contribution in [3.8, 4) is 0 Å². The predicted molar refractivity (Wildman–Crippen MR) is 40.9 cm³/mol. The SMILES string of the molecule is CC1(C)CC1CNC(=O)C(F)F. The highest BCUT2D eigenvalue weighted by atomic mass is 19.3.